The third-order valence-electron chi connectivity index (χ3n) is 1.59. The minimum Gasteiger partial charge on any atom is -0.465 e. The van der Waals surface area contributed by atoms with E-state index >= 15 is 0 Å². The third kappa shape index (κ3) is 1.36. The van der Waals surface area contributed by atoms with Gasteiger partial charge in [-0.1, -0.05) is 0 Å². The molecule has 68 valence electrons. The number of fused-ring (bicyclic) bond motifs is 1. The number of thiophene rings is 1. The number of H-pyrrole nitrogens is 1. The number of methoxy groups -OCH3 is 1. The maximum atomic E-state index is 11.1. The van der Waals surface area contributed by atoms with Crippen LogP contribution in [0.4, 0.5) is 0 Å². The number of esters is 1. The van der Waals surface area contributed by atoms with Crippen molar-refractivity contribution in [2.24, 2.45) is 0 Å². The van der Waals surface area contributed by atoms with Crippen LogP contribution in [0.25, 0.3) is 10.2 Å². The van der Waals surface area contributed by atoms with Crippen LogP contribution in [0.2, 0.25) is 0 Å². The van der Waals surface area contributed by atoms with Crippen LogP contribution in [-0.2, 0) is 4.74 Å². The van der Waals surface area contributed by atoms with E-state index in [0.717, 1.165) is 14.8 Å². The number of aromatic amines is 1. The van der Waals surface area contributed by atoms with E-state index in [2.05, 4.69) is 30.9 Å². The molecular formula is C7H5BrN2O2S. The molecule has 0 aliphatic carbocycles. The molecule has 13 heavy (non-hydrogen) atoms. The number of aromatic nitrogens is 2. The zero-order valence-corrected chi connectivity index (χ0v) is 9.03. The minimum atomic E-state index is -0.324. The largest absolute Gasteiger partial charge is 0.465 e. The molecule has 2 aromatic rings. The van der Waals surface area contributed by atoms with Crippen LogP contribution in [0.15, 0.2) is 10.7 Å². The number of hydrogen-bond donors (Lipinski definition) is 1. The van der Waals surface area contributed by atoms with Gasteiger partial charge in [-0.15, -0.1) is 11.3 Å². The smallest absolute Gasteiger partial charge is 0.348 e. The Hall–Kier alpha value is -0.880. The SMILES string of the molecule is COC(=O)c1cc2c(Br)[nH]nc2s1. The number of nitrogens with one attached hydrogen (secondary N) is 1. The average Bonchev–Trinajstić information content (AvgIpc) is 2.67. The second kappa shape index (κ2) is 3.12. The second-order valence-corrected chi connectivity index (χ2v) is 4.18. The Balaban J connectivity index is 2.56. The molecule has 2 rings (SSSR count). The van der Waals surface area contributed by atoms with Gasteiger partial charge in [0.2, 0.25) is 0 Å². The predicted molar refractivity (Wildman–Crippen MR) is 53.0 cm³/mol. The summed E-state index contributed by atoms with van der Waals surface area (Å²) in [6.07, 6.45) is 0. The molecule has 0 saturated carbocycles. The van der Waals surface area contributed by atoms with E-state index in [9.17, 15) is 4.79 Å². The van der Waals surface area contributed by atoms with Crippen molar-refractivity contribution in [3.05, 3.63) is 15.5 Å². The van der Waals surface area contributed by atoms with Crippen molar-refractivity contribution in [1.82, 2.24) is 10.2 Å². The van der Waals surface area contributed by atoms with E-state index in [1.807, 2.05) is 0 Å². The lowest BCUT2D eigenvalue weighted by Gasteiger charge is -1.90. The molecule has 0 fully saturated rings. The molecule has 0 saturated heterocycles. The first-order valence-electron chi connectivity index (χ1n) is 3.44. The van der Waals surface area contributed by atoms with E-state index < -0.39 is 0 Å². The summed E-state index contributed by atoms with van der Waals surface area (Å²) in [5.41, 5.74) is 0. The fraction of sp³-hybridized carbons (Fsp3) is 0.143. The molecule has 0 bridgehead atoms. The Morgan fingerprint density at radius 3 is 3.15 bits per heavy atom. The van der Waals surface area contributed by atoms with Gasteiger partial charge in [0, 0.05) is 5.39 Å². The lowest BCUT2D eigenvalue weighted by atomic mass is 10.4. The molecule has 2 heterocycles. The zero-order chi connectivity index (χ0) is 9.42. The number of rotatable bonds is 1. The normalized spacial score (nSPS) is 10.6. The summed E-state index contributed by atoms with van der Waals surface area (Å²) < 4.78 is 5.38. The molecule has 0 unspecified atom stereocenters. The maximum Gasteiger partial charge on any atom is 0.348 e. The van der Waals surface area contributed by atoms with Crippen LogP contribution in [0.3, 0.4) is 0 Å². The Morgan fingerprint density at radius 1 is 1.77 bits per heavy atom. The van der Waals surface area contributed by atoms with Gasteiger partial charge in [-0.3, -0.25) is 5.10 Å². The van der Waals surface area contributed by atoms with Gasteiger partial charge in [0.1, 0.15) is 14.3 Å². The van der Waals surface area contributed by atoms with Crippen molar-refractivity contribution in [3.63, 3.8) is 0 Å². The highest BCUT2D eigenvalue weighted by Crippen LogP contribution is 2.29. The molecule has 0 aliphatic rings. The van der Waals surface area contributed by atoms with Crippen molar-refractivity contribution < 1.29 is 9.53 Å². The highest BCUT2D eigenvalue weighted by atomic mass is 79.9. The van der Waals surface area contributed by atoms with Gasteiger partial charge in [-0.05, 0) is 22.0 Å². The first-order chi connectivity index (χ1) is 6.22. The van der Waals surface area contributed by atoms with Crippen LogP contribution in [0.1, 0.15) is 9.67 Å². The van der Waals surface area contributed by atoms with Gasteiger partial charge >= 0.3 is 5.97 Å². The molecule has 2 aromatic heterocycles. The number of halogens is 1. The zero-order valence-electron chi connectivity index (χ0n) is 6.63. The van der Waals surface area contributed by atoms with Crippen LogP contribution in [0, 0.1) is 0 Å². The van der Waals surface area contributed by atoms with Crippen molar-refractivity contribution >= 4 is 43.5 Å². The number of carbonyl (C=O) groups is 1. The van der Waals surface area contributed by atoms with Crippen LogP contribution < -0.4 is 0 Å². The van der Waals surface area contributed by atoms with E-state index in [1.165, 1.54) is 18.4 Å². The second-order valence-electron chi connectivity index (χ2n) is 2.36. The van der Waals surface area contributed by atoms with Crippen molar-refractivity contribution in [2.45, 2.75) is 0 Å². The lowest BCUT2D eigenvalue weighted by Crippen LogP contribution is -1.96. The minimum absolute atomic E-state index is 0.324. The Bertz CT molecular complexity index is 462. The number of ether oxygens (including phenoxy) is 1. The van der Waals surface area contributed by atoms with E-state index in [-0.39, 0.29) is 5.97 Å². The lowest BCUT2D eigenvalue weighted by molar-refractivity contribution is 0.0606. The fourth-order valence-electron chi connectivity index (χ4n) is 0.983. The molecule has 0 atom stereocenters. The van der Waals surface area contributed by atoms with E-state index in [1.54, 1.807) is 6.07 Å². The van der Waals surface area contributed by atoms with Gasteiger partial charge in [0.25, 0.3) is 0 Å². The molecule has 6 heteroatoms. The van der Waals surface area contributed by atoms with Crippen LogP contribution in [-0.4, -0.2) is 23.3 Å². The summed E-state index contributed by atoms with van der Waals surface area (Å²) in [4.78, 5) is 12.5. The Kier molecular flexibility index (Phi) is 2.09. The maximum absolute atomic E-state index is 11.1. The average molecular weight is 261 g/mol. The van der Waals surface area contributed by atoms with Gasteiger partial charge in [-0.2, -0.15) is 5.10 Å². The summed E-state index contributed by atoms with van der Waals surface area (Å²) >= 11 is 4.59. The summed E-state index contributed by atoms with van der Waals surface area (Å²) in [5, 5.41) is 7.67. The Labute approximate surface area is 86.0 Å². The molecule has 4 nitrogen and oxygen atoms in total. The van der Waals surface area contributed by atoms with E-state index in [4.69, 9.17) is 0 Å². The van der Waals surface area contributed by atoms with Gasteiger partial charge in [0.05, 0.1) is 7.11 Å². The number of nitrogens with zero attached hydrogens (tertiary/aromatic N) is 1. The molecular weight excluding hydrogens is 256 g/mol. The first-order valence-corrected chi connectivity index (χ1v) is 5.05. The van der Waals surface area contributed by atoms with Crippen LogP contribution >= 0.6 is 27.3 Å². The number of hydrogen-bond acceptors (Lipinski definition) is 4. The molecule has 0 amide bonds. The number of carbonyl (C=O) groups excluding carboxylic acids is 1. The Morgan fingerprint density at radius 2 is 2.54 bits per heavy atom. The first kappa shape index (κ1) is 8.71. The summed E-state index contributed by atoms with van der Waals surface area (Å²) in [6.45, 7) is 0. The monoisotopic (exact) mass is 260 g/mol. The molecule has 1 N–H and O–H groups in total. The summed E-state index contributed by atoms with van der Waals surface area (Å²) in [7, 11) is 1.36. The summed E-state index contributed by atoms with van der Waals surface area (Å²) in [6, 6.07) is 1.75. The molecule has 0 radical (unpaired) electrons. The highest BCUT2D eigenvalue weighted by molar-refractivity contribution is 9.10. The van der Waals surface area contributed by atoms with Crippen LogP contribution in [0.5, 0.6) is 0 Å². The quantitative estimate of drug-likeness (QED) is 0.800. The van der Waals surface area contributed by atoms with Crippen molar-refractivity contribution in [2.75, 3.05) is 7.11 Å². The molecule has 0 aromatic carbocycles. The third-order valence-corrected chi connectivity index (χ3v) is 3.20. The predicted octanol–water partition coefficient (Wildman–Crippen LogP) is 2.17. The fourth-order valence-corrected chi connectivity index (χ4v) is 2.42. The van der Waals surface area contributed by atoms with Gasteiger partial charge in [0.15, 0.2) is 0 Å². The molecule has 0 spiro atoms. The van der Waals surface area contributed by atoms with Crippen molar-refractivity contribution in [1.29, 1.82) is 0 Å². The van der Waals surface area contributed by atoms with Crippen molar-refractivity contribution in [3.8, 4) is 0 Å². The van der Waals surface area contributed by atoms with Gasteiger partial charge < -0.3 is 4.74 Å². The van der Waals surface area contributed by atoms with E-state index in [0.29, 0.717) is 4.88 Å². The van der Waals surface area contributed by atoms with Gasteiger partial charge in [-0.25, -0.2) is 4.79 Å². The summed E-state index contributed by atoms with van der Waals surface area (Å²) in [5.74, 6) is -0.324. The topological polar surface area (TPSA) is 55.0 Å². The highest BCUT2D eigenvalue weighted by Gasteiger charge is 2.13. The standard InChI is InChI=1S/C7H5BrN2O2S/c1-12-7(11)4-2-3-5(8)9-10-6(3)13-4/h2H,1H3,(H,9,10). The molecule has 0 aliphatic heterocycles.